The van der Waals surface area contributed by atoms with Crippen molar-refractivity contribution >= 4 is 53.3 Å². The summed E-state index contributed by atoms with van der Waals surface area (Å²) in [5.74, 6) is 1.99. The van der Waals surface area contributed by atoms with Crippen molar-refractivity contribution < 1.29 is 0 Å². The van der Waals surface area contributed by atoms with Crippen LogP contribution in [0.5, 0.6) is 0 Å². The molecule has 0 aliphatic rings. The number of hydrogen-bond acceptors (Lipinski definition) is 4. The van der Waals surface area contributed by atoms with E-state index < -0.39 is 0 Å². The summed E-state index contributed by atoms with van der Waals surface area (Å²) in [6.07, 6.45) is 0. The Balaban J connectivity index is 1.23. The van der Waals surface area contributed by atoms with Crippen molar-refractivity contribution in [2.24, 2.45) is 0 Å². The fourth-order valence-corrected chi connectivity index (χ4v) is 8.56. The molecule has 0 radical (unpaired) electrons. The predicted octanol–water partition coefficient (Wildman–Crippen LogP) is 12.0. The van der Waals surface area contributed by atoms with Crippen LogP contribution in [0.25, 0.3) is 93.0 Å². The van der Waals surface area contributed by atoms with Crippen molar-refractivity contribution in [3.63, 3.8) is 0 Å². The summed E-state index contributed by atoms with van der Waals surface area (Å²) >= 11 is 1.82. The Morgan fingerprint density at radius 2 is 0.840 bits per heavy atom. The van der Waals surface area contributed by atoms with Crippen LogP contribution in [0.1, 0.15) is 0 Å². The lowest BCUT2D eigenvalue weighted by molar-refractivity contribution is 1.08. The fourth-order valence-electron chi connectivity index (χ4n) is 7.22. The van der Waals surface area contributed by atoms with Crippen molar-refractivity contribution in [2.75, 3.05) is 0 Å². The lowest BCUT2D eigenvalue weighted by atomic mass is 9.99. The van der Waals surface area contributed by atoms with Crippen LogP contribution in [0.4, 0.5) is 0 Å². The van der Waals surface area contributed by atoms with E-state index in [0.29, 0.717) is 17.5 Å². The van der Waals surface area contributed by atoms with Gasteiger partial charge in [-0.05, 0) is 24.3 Å². The zero-order valence-corrected chi connectivity index (χ0v) is 27.7. The van der Waals surface area contributed by atoms with Crippen LogP contribution in [0, 0.1) is 0 Å². The lowest BCUT2D eigenvalue weighted by Crippen LogP contribution is -2.00. The van der Waals surface area contributed by atoms with Gasteiger partial charge in [0.05, 0.1) is 11.0 Å². The molecule has 0 bridgehead atoms. The van der Waals surface area contributed by atoms with Gasteiger partial charge in [0.2, 0.25) is 0 Å². The SMILES string of the molecule is c1ccc(-c2nc(-c3ccccc3)nc(-c3cccc4c3sc3c(-c5cccc6c7ccccc7n(-c7ccccc7)c56)cccc34)n2)cc1. The minimum atomic E-state index is 0.661. The van der Waals surface area contributed by atoms with E-state index in [0.717, 1.165) is 27.1 Å². The molecule has 234 valence electrons. The van der Waals surface area contributed by atoms with Gasteiger partial charge in [0.1, 0.15) is 0 Å². The van der Waals surface area contributed by atoms with E-state index in [1.165, 1.54) is 48.4 Å². The van der Waals surface area contributed by atoms with Gasteiger partial charge in [-0.15, -0.1) is 11.3 Å². The molecular weight excluding hydrogens is 629 g/mol. The topological polar surface area (TPSA) is 43.6 Å². The normalized spacial score (nSPS) is 11.6. The fraction of sp³-hybridized carbons (Fsp3) is 0. The number of hydrogen-bond donors (Lipinski definition) is 0. The summed E-state index contributed by atoms with van der Waals surface area (Å²) < 4.78 is 4.82. The number of fused-ring (bicyclic) bond motifs is 6. The third-order valence-electron chi connectivity index (χ3n) is 9.46. The Bertz CT molecular complexity index is 2800. The van der Waals surface area contributed by atoms with Gasteiger partial charge in [-0.3, -0.25) is 0 Å². The Morgan fingerprint density at radius 1 is 0.360 bits per heavy atom. The highest BCUT2D eigenvalue weighted by molar-refractivity contribution is 7.26. The van der Waals surface area contributed by atoms with Crippen LogP contribution in [-0.2, 0) is 0 Å². The summed E-state index contributed by atoms with van der Waals surface area (Å²) in [7, 11) is 0. The molecule has 0 N–H and O–H groups in total. The van der Waals surface area contributed by atoms with Gasteiger partial charge < -0.3 is 4.57 Å². The van der Waals surface area contributed by atoms with Crippen LogP contribution in [0.15, 0.2) is 170 Å². The van der Waals surface area contributed by atoms with Crippen LogP contribution in [0.2, 0.25) is 0 Å². The van der Waals surface area contributed by atoms with Crippen LogP contribution < -0.4 is 0 Å². The van der Waals surface area contributed by atoms with E-state index in [9.17, 15) is 0 Å². The van der Waals surface area contributed by atoms with Crippen molar-refractivity contribution in [3.05, 3.63) is 170 Å². The van der Waals surface area contributed by atoms with Gasteiger partial charge >= 0.3 is 0 Å². The smallest absolute Gasteiger partial charge is 0.165 e. The Kier molecular flexibility index (Phi) is 6.64. The molecule has 3 aromatic heterocycles. The molecule has 0 aliphatic heterocycles. The van der Waals surface area contributed by atoms with Crippen molar-refractivity contribution in [1.29, 1.82) is 0 Å². The summed E-state index contributed by atoms with van der Waals surface area (Å²) in [5.41, 5.74) is 8.90. The number of para-hydroxylation sites is 3. The summed E-state index contributed by atoms with van der Waals surface area (Å²) in [4.78, 5) is 15.1. The lowest BCUT2D eigenvalue weighted by Gasteiger charge is -2.12. The zero-order chi connectivity index (χ0) is 33.0. The highest BCUT2D eigenvalue weighted by atomic mass is 32.1. The molecular formula is C45H28N4S. The molecule has 0 aliphatic carbocycles. The largest absolute Gasteiger partial charge is 0.309 e. The van der Waals surface area contributed by atoms with Crippen molar-refractivity contribution in [2.45, 2.75) is 0 Å². The van der Waals surface area contributed by atoms with Crippen LogP contribution in [-0.4, -0.2) is 19.5 Å². The second-order valence-corrected chi connectivity index (χ2v) is 13.4. The van der Waals surface area contributed by atoms with Crippen molar-refractivity contribution in [3.8, 4) is 51.0 Å². The first-order chi connectivity index (χ1) is 24.8. The molecule has 0 amide bonds. The first-order valence-corrected chi connectivity index (χ1v) is 17.5. The molecule has 10 aromatic rings. The number of nitrogens with zero attached hydrogens (tertiary/aromatic N) is 4. The molecule has 0 unspecified atom stereocenters. The zero-order valence-electron chi connectivity index (χ0n) is 26.9. The quantitative estimate of drug-likeness (QED) is 0.185. The average molecular weight is 657 g/mol. The second kappa shape index (κ2) is 11.6. The van der Waals surface area contributed by atoms with E-state index in [-0.39, 0.29) is 0 Å². The maximum atomic E-state index is 5.09. The first kappa shape index (κ1) is 28.6. The van der Waals surface area contributed by atoms with Gasteiger partial charge in [-0.1, -0.05) is 146 Å². The number of benzene rings is 7. The van der Waals surface area contributed by atoms with Gasteiger partial charge in [0.15, 0.2) is 17.5 Å². The average Bonchev–Trinajstić information content (AvgIpc) is 3.75. The standard InChI is InChI=1S/C45H28N4S/c1-4-15-29(16-5-1)43-46-44(30-17-6-2-7-18-30)48-45(47-43)38-27-14-26-37-36-25-13-24-35(41(36)50-42(37)38)34-23-12-22-33-32-21-10-11-28-39(32)49(40(33)34)31-19-8-3-9-20-31/h1-28H. The maximum Gasteiger partial charge on any atom is 0.165 e. The predicted molar refractivity (Wildman–Crippen MR) is 209 cm³/mol. The van der Waals surface area contributed by atoms with Gasteiger partial charge in [-0.2, -0.15) is 0 Å². The Hall–Kier alpha value is -6.43. The maximum absolute atomic E-state index is 5.09. The summed E-state index contributed by atoms with van der Waals surface area (Å²) in [6, 6.07) is 59.6. The molecule has 0 atom stereocenters. The van der Waals surface area contributed by atoms with Gasteiger partial charge in [-0.25, -0.2) is 15.0 Å². The minimum absolute atomic E-state index is 0.661. The molecule has 7 aromatic carbocycles. The Labute approximate surface area is 292 Å². The molecule has 50 heavy (non-hydrogen) atoms. The van der Waals surface area contributed by atoms with Crippen LogP contribution in [0.3, 0.4) is 0 Å². The third-order valence-corrected chi connectivity index (χ3v) is 10.8. The molecule has 10 rings (SSSR count). The highest BCUT2D eigenvalue weighted by Gasteiger charge is 2.21. The molecule has 5 heteroatoms. The van der Waals surface area contributed by atoms with E-state index in [1.807, 2.05) is 47.7 Å². The highest BCUT2D eigenvalue weighted by Crippen LogP contribution is 2.46. The van der Waals surface area contributed by atoms with Crippen molar-refractivity contribution in [1.82, 2.24) is 19.5 Å². The molecule has 0 saturated carbocycles. The Morgan fingerprint density at radius 3 is 1.50 bits per heavy atom. The summed E-state index contributed by atoms with van der Waals surface area (Å²) in [5, 5.41) is 4.91. The molecule has 0 spiro atoms. The minimum Gasteiger partial charge on any atom is -0.309 e. The van der Waals surface area contributed by atoms with E-state index in [2.05, 4.69) is 138 Å². The number of thiophene rings is 1. The summed E-state index contributed by atoms with van der Waals surface area (Å²) in [6.45, 7) is 0. The van der Waals surface area contributed by atoms with E-state index in [1.54, 1.807) is 0 Å². The molecule has 4 nitrogen and oxygen atoms in total. The molecule has 0 saturated heterocycles. The number of rotatable bonds is 5. The van der Waals surface area contributed by atoms with Gasteiger partial charge in [0.25, 0.3) is 0 Å². The van der Waals surface area contributed by atoms with Gasteiger partial charge in [0, 0.05) is 64.4 Å². The molecule has 0 fully saturated rings. The van der Waals surface area contributed by atoms with E-state index in [4.69, 9.17) is 15.0 Å². The molecule has 3 heterocycles. The number of aromatic nitrogens is 4. The monoisotopic (exact) mass is 656 g/mol. The third kappa shape index (κ3) is 4.55. The van der Waals surface area contributed by atoms with Crippen LogP contribution >= 0.6 is 11.3 Å². The first-order valence-electron chi connectivity index (χ1n) is 16.7. The van der Waals surface area contributed by atoms with E-state index >= 15 is 0 Å². The second-order valence-electron chi connectivity index (χ2n) is 12.4.